The van der Waals surface area contributed by atoms with E-state index in [-0.39, 0.29) is 6.04 Å². The van der Waals surface area contributed by atoms with Crippen molar-refractivity contribution in [2.45, 2.75) is 39.3 Å². The summed E-state index contributed by atoms with van der Waals surface area (Å²) in [5.74, 6) is 1.31. The fourth-order valence-corrected chi connectivity index (χ4v) is 1.70. The zero-order valence-corrected chi connectivity index (χ0v) is 10.1. The minimum atomic E-state index is 0.0319. The van der Waals surface area contributed by atoms with Gasteiger partial charge in [-0.25, -0.2) is 4.98 Å². The number of hydrogen-bond donors (Lipinski definition) is 1. The fourth-order valence-electron chi connectivity index (χ4n) is 1.70. The molecule has 0 spiro atoms. The third kappa shape index (κ3) is 2.71. The molecule has 6 nitrogen and oxygen atoms in total. The van der Waals surface area contributed by atoms with Gasteiger partial charge in [-0.15, -0.1) is 0 Å². The van der Waals surface area contributed by atoms with Gasteiger partial charge in [-0.3, -0.25) is 0 Å². The van der Waals surface area contributed by atoms with E-state index in [0.717, 1.165) is 25.1 Å². The van der Waals surface area contributed by atoms with Crippen molar-refractivity contribution in [3.8, 4) is 0 Å². The molecule has 0 saturated heterocycles. The number of aromatic nitrogens is 4. The highest BCUT2D eigenvalue weighted by Crippen LogP contribution is 2.13. The van der Waals surface area contributed by atoms with Crippen LogP contribution in [0, 0.1) is 6.92 Å². The first-order valence-corrected chi connectivity index (χ1v) is 5.75. The Morgan fingerprint density at radius 2 is 2.35 bits per heavy atom. The highest BCUT2D eigenvalue weighted by atomic mass is 16.5. The summed E-state index contributed by atoms with van der Waals surface area (Å²) in [5.41, 5.74) is 7.05. The van der Waals surface area contributed by atoms with E-state index >= 15 is 0 Å². The summed E-state index contributed by atoms with van der Waals surface area (Å²) in [5, 5.41) is 3.86. The Labute approximate surface area is 99.8 Å². The van der Waals surface area contributed by atoms with Crippen LogP contribution in [0.1, 0.15) is 36.8 Å². The third-order valence-electron chi connectivity index (χ3n) is 2.71. The molecule has 0 amide bonds. The Bertz CT molecular complexity index is 476. The molecule has 2 heterocycles. The maximum absolute atomic E-state index is 6.00. The van der Waals surface area contributed by atoms with Crippen LogP contribution in [-0.4, -0.2) is 19.7 Å². The van der Waals surface area contributed by atoms with E-state index in [4.69, 9.17) is 10.3 Å². The van der Waals surface area contributed by atoms with Crippen LogP contribution >= 0.6 is 0 Å². The van der Waals surface area contributed by atoms with E-state index in [1.54, 1.807) is 13.3 Å². The average molecular weight is 235 g/mol. The van der Waals surface area contributed by atoms with Gasteiger partial charge in [-0.2, -0.15) is 4.98 Å². The number of imidazole rings is 1. The quantitative estimate of drug-likeness (QED) is 0.842. The third-order valence-corrected chi connectivity index (χ3v) is 2.71. The molecule has 0 aromatic carbocycles. The van der Waals surface area contributed by atoms with Crippen LogP contribution in [0.3, 0.4) is 0 Å². The van der Waals surface area contributed by atoms with Crippen LogP contribution < -0.4 is 5.73 Å². The summed E-state index contributed by atoms with van der Waals surface area (Å²) < 4.78 is 6.96. The van der Waals surface area contributed by atoms with Crippen molar-refractivity contribution in [3.63, 3.8) is 0 Å². The normalized spacial score (nSPS) is 12.9. The van der Waals surface area contributed by atoms with Crippen molar-refractivity contribution in [2.75, 3.05) is 0 Å². The van der Waals surface area contributed by atoms with Crippen molar-refractivity contribution in [2.24, 2.45) is 5.73 Å². The SMILES string of the molecule is CC[C@@H](N)c1cncn1CCc1noc(C)n1. The van der Waals surface area contributed by atoms with Gasteiger partial charge in [-0.1, -0.05) is 12.1 Å². The van der Waals surface area contributed by atoms with Crippen molar-refractivity contribution in [3.05, 3.63) is 29.9 Å². The standard InChI is InChI=1S/C11H17N5O/c1-3-9(12)10-6-13-7-16(10)5-4-11-14-8(2)17-15-11/h6-7,9H,3-5,12H2,1-2H3/t9-/m1/s1. The lowest BCUT2D eigenvalue weighted by Gasteiger charge is -2.11. The highest BCUT2D eigenvalue weighted by molar-refractivity contribution is 5.04. The van der Waals surface area contributed by atoms with E-state index in [1.807, 2.05) is 10.8 Å². The smallest absolute Gasteiger partial charge is 0.223 e. The van der Waals surface area contributed by atoms with E-state index in [1.165, 1.54) is 0 Å². The summed E-state index contributed by atoms with van der Waals surface area (Å²) >= 11 is 0. The molecule has 0 saturated carbocycles. The van der Waals surface area contributed by atoms with Crippen molar-refractivity contribution < 1.29 is 4.52 Å². The second-order valence-electron chi connectivity index (χ2n) is 4.01. The first-order chi connectivity index (χ1) is 8.20. The number of nitrogens with zero attached hydrogens (tertiary/aromatic N) is 4. The van der Waals surface area contributed by atoms with Crippen molar-refractivity contribution in [1.82, 2.24) is 19.7 Å². The number of nitrogens with two attached hydrogens (primary N) is 1. The van der Waals surface area contributed by atoms with Crippen molar-refractivity contribution >= 4 is 0 Å². The molecule has 2 N–H and O–H groups in total. The molecular weight excluding hydrogens is 218 g/mol. The minimum absolute atomic E-state index is 0.0319. The lowest BCUT2D eigenvalue weighted by Crippen LogP contribution is -2.15. The largest absolute Gasteiger partial charge is 0.340 e. The molecule has 1 atom stereocenters. The zero-order valence-electron chi connectivity index (χ0n) is 10.1. The molecule has 0 radical (unpaired) electrons. The lowest BCUT2D eigenvalue weighted by atomic mass is 10.2. The van der Waals surface area contributed by atoms with Crippen LogP contribution in [0.5, 0.6) is 0 Å². The van der Waals surface area contributed by atoms with Crippen LogP contribution in [-0.2, 0) is 13.0 Å². The average Bonchev–Trinajstić information content (AvgIpc) is 2.94. The highest BCUT2D eigenvalue weighted by Gasteiger charge is 2.10. The summed E-state index contributed by atoms with van der Waals surface area (Å²) in [6.07, 6.45) is 5.22. The topological polar surface area (TPSA) is 82.8 Å². The van der Waals surface area contributed by atoms with E-state index in [0.29, 0.717) is 11.7 Å². The van der Waals surface area contributed by atoms with E-state index < -0.39 is 0 Å². The summed E-state index contributed by atoms with van der Waals surface area (Å²) in [7, 11) is 0. The molecule has 0 aliphatic carbocycles. The molecule has 0 unspecified atom stereocenters. The summed E-state index contributed by atoms with van der Waals surface area (Å²) in [6.45, 7) is 4.61. The number of rotatable bonds is 5. The lowest BCUT2D eigenvalue weighted by molar-refractivity contribution is 0.386. The Kier molecular flexibility index (Phi) is 3.53. The fraction of sp³-hybridized carbons (Fsp3) is 0.545. The Hall–Kier alpha value is -1.69. The molecule has 0 aliphatic rings. The molecule has 0 aliphatic heterocycles. The molecule has 2 aromatic heterocycles. The van der Waals surface area contributed by atoms with Gasteiger partial charge >= 0.3 is 0 Å². The molecule has 92 valence electrons. The van der Waals surface area contributed by atoms with Gasteiger partial charge in [0.2, 0.25) is 5.89 Å². The maximum atomic E-state index is 6.00. The summed E-state index contributed by atoms with van der Waals surface area (Å²) in [6, 6.07) is 0.0319. The second kappa shape index (κ2) is 5.09. The van der Waals surface area contributed by atoms with Gasteiger partial charge in [0.15, 0.2) is 5.82 Å². The molecule has 0 fully saturated rings. The molecule has 2 rings (SSSR count). The second-order valence-corrected chi connectivity index (χ2v) is 4.01. The van der Waals surface area contributed by atoms with E-state index in [2.05, 4.69) is 22.0 Å². The molecule has 0 bridgehead atoms. The van der Waals surface area contributed by atoms with Gasteiger partial charge < -0.3 is 14.8 Å². The van der Waals surface area contributed by atoms with Crippen LogP contribution in [0.2, 0.25) is 0 Å². The zero-order chi connectivity index (χ0) is 12.3. The Balaban J connectivity index is 2.01. The predicted octanol–water partition coefficient (Wildman–Crippen LogP) is 1.23. The van der Waals surface area contributed by atoms with Crippen LogP contribution in [0.4, 0.5) is 0 Å². The molecule has 2 aromatic rings. The minimum Gasteiger partial charge on any atom is -0.340 e. The van der Waals surface area contributed by atoms with Crippen LogP contribution in [0.25, 0.3) is 0 Å². The summed E-state index contributed by atoms with van der Waals surface area (Å²) in [4.78, 5) is 8.29. The monoisotopic (exact) mass is 235 g/mol. The molecule has 17 heavy (non-hydrogen) atoms. The number of aryl methyl sites for hydroxylation is 3. The Morgan fingerprint density at radius 1 is 1.53 bits per heavy atom. The number of hydrogen-bond acceptors (Lipinski definition) is 5. The van der Waals surface area contributed by atoms with Gasteiger partial charge in [0, 0.05) is 32.1 Å². The van der Waals surface area contributed by atoms with Gasteiger partial charge in [0.1, 0.15) is 0 Å². The van der Waals surface area contributed by atoms with Crippen molar-refractivity contribution in [1.29, 1.82) is 0 Å². The van der Waals surface area contributed by atoms with Gasteiger partial charge in [-0.05, 0) is 6.42 Å². The first kappa shape index (κ1) is 11.8. The predicted molar refractivity (Wildman–Crippen MR) is 62.2 cm³/mol. The van der Waals surface area contributed by atoms with E-state index in [9.17, 15) is 0 Å². The van der Waals surface area contributed by atoms with Gasteiger partial charge in [0.05, 0.1) is 12.0 Å². The first-order valence-electron chi connectivity index (χ1n) is 5.75. The molecule has 6 heteroatoms. The molecular formula is C11H17N5O. The van der Waals surface area contributed by atoms with Gasteiger partial charge in [0.25, 0.3) is 0 Å². The Morgan fingerprint density at radius 3 is 3.00 bits per heavy atom. The van der Waals surface area contributed by atoms with Crippen LogP contribution in [0.15, 0.2) is 17.0 Å². The maximum Gasteiger partial charge on any atom is 0.223 e.